The van der Waals surface area contributed by atoms with E-state index in [1.165, 1.54) is 23.0 Å². The summed E-state index contributed by atoms with van der Waals surface area (Å²) in [5.41, 5.74) is 1.55. The lowest BCUT2D eigenvalue weighted by Gasteiger charge is -2.13. The van der Waals surface area contributed by atoms with Crippen LogP contribution in [0.3, 0.4) is 0 Å². The second-order valence-electron chi connectivity index (χ2n) is 7.13. The quantitative estimate of drug-likeness (QED) is 0.233. The molecule has 0 spiro atoms. The Balaban J connectivity index is 1.74. The fourth-order valence-corrected chi connectivity index (χ4v) is 4.58. The van der Waals surface area contributed by atoms with Gasteiger partial charge >= 0.3 is 0 Å². The topological polar surface area (TPSA) is 56.5 Å². The van der Waals surface area contributed by atoms with Crippen LogP contribution in [0.15, 0.2) is 73.4 Å². The van der Waals surface area contributed by atoms with Gasteiger partial charge in [-0.2, -0.15) is 9.78 Å². The molecule has 168 valence electrons. The Labute approximate surface area is 211 Å². The highest BCUT2D eigenvalue weighted by Crippen LogP contribution is 2.32. The lowest BCUT2D eigenvalue weighted by Crippen LogP contribution is -2.22. The number of halogens is 4. The minimum absolute atomic E-state index is 0.143. The molecule has 1 aromatic heterocycles. The van der Waals surface area contributed by atoms with E-state index in [9.17, 15) is 9.18 Å². The fourth-order valence-electron chi connectivity index (χ4n) is 3.27. The monoisotopic (exact) mass is 591 g/mol. The van der Waals surface area contributed by atoms with Crippen molar-refractivity contribution in [3.8, 4) is 5.75 Å². The number of ether oxygens (including phenoxy) is 1. The molecule has 0 atom stereocenters. The van der Waals surface area contributed by atoms with Gasteiger partial charge in [0.2, 0.25) is 0 Å². The molecule has 4 aromatic rings. The summed E-state index contributed by atoms with van der Waals surface area (Å²) in [5.74, 6) is 0.652. The van der Waals surface area contributed by atoms with Crippen LogP contribution in [0.2, 0.25) is 5.02 Å². The molecule has 9 heteroatoms. The Morgan fingerprint density at radius 2 is 2.00 bits per heavy atom. The van der Waals surface area contributed by atoms with Crippen LogP contribution in [0.4, 0.5) is 4.39 Å². The standard InChI is InChI=1S/C24H17Br2ClFN3O2/c1-2-22-30-21-7-6-16(25)10-19(21)24(32)31(22)29-12-15-9-17(27)11-20(26)23(15)33-13-14-4-3-5-18(28)8-14/h3-12H,2,13H2,1H3. The summed E-state index contributed by atoms with van der Waals surface area (Å²) < 4.78 is 22.1. The fraction of sp³-hybridized carbons (Fsp3) is 0.125. The predicted octanol–water partition coefficient (Wildman–Crippen LogP) is 6.74. The number of nitrogens with zero attached hydrogens (tertiary/aromatic N) is 3. The minimum Gasteiger partial charge on any atom is -0.487 e. The SMILES string of the molecule is CCc1nc2ccc(Br)cc2c(=O)n1N=Cc1cc(Cl)cc(Br)c1OCc1cccc(F)c1. The van der Waals surface area contributed by atoms with Crippen molar-refractivity contribution in [2.45, 2.75) is 20.0 Å². The zero-order chi connectivity index (χ0) is 23.5. The molecule has 0 aliphatic rings. The third-order valence-electron chi connectivity index (χ3n) is 4.81. The molecule has 0 aliphatic carbocycles. The first-order valence-electron chi connectivity index (χ1n) is 9.97. The number of aryl methyl sites for hydroxylation is 1. The van der Waals surface area contributed by atoms with Crippen LogP contribution >= 0.6 is 43.5 Å². The molecule has 3 aromatic carbocycles. The third kappa shape index (κ3) is 5.34. The molecule has 0 N–H and O–H groups in total. The summed E-state index contributed by atoms with van der Waals surface area (Å²) in [4.78, 5) is 17.7. The van der Waals surface area contributed by atoms with Crippen LogP contribution in [0, 0.1) is 5.82 Å². The zero-order valence-electron chi connectivity index (χ0n) is 17.4. The van der Waals surface area contributed by atoms with Crippen molar-refractivity contribution in [3.63, 3.8) is 0 Å². The molecule has 1 heterocycles. The molecular weight excluding hydrogens is 577 g/mol. The van der Waals surface area contributed by atoms with Crippen molar-refractivity contribution in [2.75, 3.05) is 0 Å². The Morgan fingerprint density at radius 1 is 1.18 bits per heavy atom. The number of benzene rings is 3. The van der Waals surface area contributed by atoms with Crippen molar-refractivity contribution < 1.29 is 9.13 Å². The third-order valence-corrected chi connectivity index (χ3v) is 6.11. The van der Waals surface area contributed by atoms with Crippen molar-refractivity contribution >= 4 is 60.6 Å². The van der Waals surface area contributed by atoms with Gasteiger partial charge in [0.15, 0.2) is 0 Å². The number of fused-ring (bicyclic) bond motifs is 1. The summed E-state index contributed by atoms with van der Waals surface area (Å²) >= 11 is 13.1. The van der Waals surface area contributed by atoms with Gasteiger partial charge in [-0.15, -0.1) is 0 Å². The van der Waals surface area contributed by atoms with Gasteiger partial charge in [-0.05, 0) is 64.0 Å². The Hall–Kier alpha value is -2.55. The largest absolute Gasteiger partial charge is 0.487 e. The predicted molar refractivity (Wildman–Crippen MR) is 136 cm³/mol. The van der Waals surface area contributed by atoms with E-state index < -0.39 is 0 Å². The van der Waals surface area contributed by atoms with Gasteiger partial charge in [0.05, 0.1) is 21.6 Å². The second-order valence-corrected chi connectivity index (χ2v) is 9.34. The van der Waals surface area contributed by atoms with Gasteiger partial charge in [0, 0.05) is 21.5 Å². The van der Waals surface area contributed by atoms with Gasteiger partial charge in [-0.1, -0.05) is 46.6 Å². The molecular formula is C24H17Br2ClFN3O2. The summed E-state index contributed by atoms with van der Waals surface area (Å²) in [6.45, 7) is 2.05. The first-order valence-corrected chi connectivity index (χ1v) is 11.9. The van der Waals surface area contributed by atoms with Crippen LogP contribution in [-0.2, 0) is 13.0 Å². The Morgan fingerprint density at radius 3 is 2.76 bits per heavy atom. The maximum atomic E-state index is 13.5. The molecule has 0 aliphatic heterocycles. The number of hydrogen-bond donors (Lipinski definition) is 0. The van der Waals surface area contributed by atoms with Gasteiger partial charge in [-0.25, -0.2) is 9.37 Å². The first kappa shape index (κ1) is 23.6. The average Bonchev–Trinajstić information content (AvgIpc) is 2.78. The van der Waals surface area contributed by atoms with E-state index in [1.807, 2.05) is 13.0 Å². The average molecular weight is 594 g/mol. The van der Waals surface area contributed by atoms with Crippen LogP contribution in [0.5, 0.6) is 5.75 Å². The smallest absolute Gasteiger partial charge is 0.282 e. The number of rotatable bonds is 6. The lowest BCUT2D eigenvalue weighted by atomic mass is 10.2. The van der Waals surface area contributed by atoms with Gasteiger partial charge in [-0.3, -0.25) is 4.79 Å². The molecule has 0 fully saturated rings. The molecule has 0 bridgehead atoms. The molecule has 0 radical (unpaired) electrons. The van der Waals surface area contributed by atoms with Crippen LogP contribution in [0.1, 0.15) is 23.9 Å². The maximum Gasteiger partial charge on any atom is 0.282 e. The minimum atomic E-state index is -0.338. The van der Waals surface area contributed by atoms with Crippen LogP contribution in [0.25, 0.3) is 10.9 Å². The molecule has 0 saturated carbocycles. The highest BCUT2D eigenvalue weighted by Gasteiger charge is 2.13. The summed E-state index contributed by atoms with van der Waals surface area (Å²) in [6, 6.07) is 14.9. The van der Waals surface area contributed by atoms with E-state index >= 15 is 0 Å². The van der Waals surface area contributed by atoms with Crippen molar-refractivity contribution in [1.29, 1.82) is 0 Å². The normalized spacial score (nSPS) is 11.4. The molecule has 4 rings (SSSR count). The summed E-state index contributed by atoms with van der Waals surface area (Å²) in [5, 5.41) is 5.34. The maximum absolute atomic E-state index is 13.5. The van der Waals surface area contributed by atoms with Gasteiger partial charge in [0.25, 0.3) is 5.56 Å². The molecule has 0 unspecified atom stereocenters. The van der Waals surface area contributed by atoms with Crippen LogP contribution in [-0.4, -0.2) is 15.9 Å². The highest BCUT2D eigenvalue weighted by atomic mass is 79.9. The Bertz CT molecular complexity index is 1440. The first-order chi connectivity index (χ1) is 15.9. The van der Waals surface area contributed by atoms with Crippen molar-refractivity contribution in [1.82, 2.24) is 9.66 Å². The van der Waals surface area contributed by atoms with Crippen LogP contribution < -0.4 is 10.3 Å². The Kier molecular flexibility index (Phi) is 7.26. The van der Waals surface area contributed by atoms with E-state index in [4.69, 9.17) is 16.3 Å². The molecule has 5 nitrogen and oxygen atoms in total. The lowest BCUT2D eigenvalue weighted by molar-refractivity contribution is 0.303. The summed E-state index contributed by atoms with van der Waals surface area (Å²) in [6.07, 6.45) is 2.02. The number of aromatic nitrogens is 2. The summed E-state index contributed by atoms with van der Waals surface area (Å²) in [7, 11) is 0. The van der Waals surface area contributed by atoms with E-state index in [1.54, 1.807) is 36.4 Å². The number of hydrogen-bond acceptors (Lipinski definition) is 4. The van der Waals surface area contributed by atoms with Crippen molar-refractivity contribution in [3.05, 3.63) is 102 Å². The van der Waals surface area contributed by atoms with E-state index in [0.717, 1.165) is 4.47 Å². The highest BCUT2D eigenvalue weighted by molar-refractivity contribution is 9.10. The molecule has 0 amide bonds. The second kappa shape index (κ2) is 10.2. The van der Waals surface area contributed by atoms with E-state index in [-0.39, 0.29) is 18.0 Å². The van der Waals surface area contributed by atoms with E-state index in [2.05, 4.69) is 41.9 Å². The van der Waals surface area contributed by atoms with E-state index in [0.29, 0.717) is 49.5 Å². The molecule has 33 heavy (non-hydrogen) atoms. The molecule has 0 saturated heterocycles. The van der Waals surface area contributed by atoms with Gasteiger partial charge in [0.1, 0.15) is 24.0 Å². The van der Waals surface area contributed by atoms with Gasteiger partial charge < -0.3 is 4.74 Å². The zero-order valence-corrected chi connectivity index (χ0v) is 21.3. The van der Waals surface area contributed by atoms with Crippen molar-refractivity contribution in [2.24, 2.45) is 5.10 Å².